The number of nitrogens with zero attached hydrogens (tertiary/aromatic N) is 1. The maximum atomic E-state index is 14.1. The number of β-amino-alcohol motifs (C(OH)–C–C–N with tert-alkyl or cyclic N) is 1. The molecule has 47 heavy (non-hydrogen) atoms. The number of rotatable bonds is 12. The normalized spacial score (nSPS) is 26.0. The molecule has 1 aromatic rings. The zero-order chi connectivity index (χ0) is 34.6. The summed E-state index contributed by atoms with van der Waals surface area (Å²) in [6.45, 7) is 10.2. The van der Waals surface area contributed by atoms with Gasteiger partial charge < -0.3 is 25.8 Å². The van der Waals surface area contributed by atoms with Crippen LogP contribution in [0.4, 0.5) is 0 Å². The van der Waals surface area contributed by atoms with Crippen molar-refractivity contribution >= 4 is 27.6 Å². The largest absolute Gasteiger partial charge is 0.390 e. The van der Waals surface area contributed by atoms with Crippen molar-refractivity contribution in [2.75, 3.05) is 32.6 Å². The zero-order valence-electron chi connectivity index (χ0n) is 29.0. The Morgan fingerprint density at radius 2 is 1.64 bits per heavy atom. The van der Waals surface area contributed by atoms with Crippen molar-refractivity contribution in [2.24, 2.45) is 17.8 Å². The van der Waals surface area contributed by atoms with Gasteiger partial charge in [0.1, 0.15) is 6.04 Å². The van der Waals surface area contributed by atoms with Crippen molar-refractivity contribution in [3.8, 4) is 0 Å². The van der Waals surface area contributed by atoms with Gasteiger partial charge in [-0.3, -0.25) is 19.3 Å². The molecule has 12 heteroatoms. The fourth-order valence-corrected chi connectivity index (χ4v) is 7.78. The molecule has 11 nitrogen and oxygen atoms in total. The molecule has 0 radical (unpaired) electrons. The fourth-order valence-electron chi connectivity index (χ4n) is 7.18. The lowest BCUT2D eigenvalue weighted by Crippen LogP contribution is -2.64. The van der Waals surface area contributed by atoms with Crippen molar-refractivity contribution in [2.45, 2.75) is 114 Å². The predicted octanol–water partition coefficient (Wildman–Crippen LogP) is 2.21. The van der Waals surface area contributed by atoms with E-state index in [1.54, 1.807) is 0 Å². The molecule has 0 bridgehead atoms. The monoisotopic (exact) mass is 676 g/mol. The lowest BCUT2D eigenvalue weighted by atomic mass is 9.72. The molecule has 1 saturated carbocycles. The van der Waals surface area contributed by atoms with Crippen LogP contribution in [0, 0.1) is 17.8 Å². The smallest absolute Gasteiger partial charge is 0.244 e. The minimum absolute atomic E-state index is 0.0639. The first-order valence-corrected chi connectivity index (χ1v) is 19.0. The average molecular weight is 677 g/mol. The number of fused-ring (bicyclic) bond motifs is 1. The van der Waals surface area contributed by atoms with E-state index in [1.807, 2.05) is 51.1 Å². The minimum atomic E-state index is -3.82. The van der Waals surface area contributed by atoms with Crippen LogP contribution in [-0.4, -0.2) is 103 Å². The van der Waals surface area contributed by atoms with Gasteiger partial charge >= 0.3 is 0 Å². The van der Waals surface area contributed by atoms with Crippen LogP contribution >= 0.6 is 0 Å². The predicted molar refractivity (Wildman–Crippen MR) is 181 cm³/mol. The lowest BCUT2D eigenvalue weighted by molar-refractivity contribution is -0.134. The Labute approximate surface area is 280 Å². The highest BCUT2D eigenvalue weighted by molar-refractivity contribution is 7.92. The molecule has 3 fully saturated rings. The number of benzene rings is 1. The Hall–Kier alpha value is -2.54. The molecular weight excluding hydrogens is 620 g/mol. The summed E-state index contributed by atoms with van der Waals surface area (Å²) in [5.74, 6) is -0.786. The van der Waals surface area contributed by atoms with E-state index >= 15 is 0 Å². The van der Waals surface area contributed by atoms with Crippen LogP contribution in [0.5, 0.6) is 0 Å². The molecule has 7 atom stereocenters. The van der Waals surface area contributed by atoms with Crippen LogP contribution in [-0.2, 0) is 35.4 Å². The minimum Gasteiger partial charge on any atom is -0.390 e. The number of nitrogens with one attached hydrogen (secondary N) is 3. The summed E-state index contributed by atoms with van der Waals surface area (Å²) in [4.78, 5) is 42.9. The van der Waals surface area contributed by atoms with E-state index in [0.717, 1.165) is 43.9 Å². The molecule has 1 unspecified atom stereocenters. The van der Waals surface area contributed by atoms with Gasteiger partial charge in [-0.25, -0.2) is 8.42 Å². The van der Waals surface area contributed by atoms with Gasteiger partial charge in [0.2, 0.25) is 17.7 Å². The van der Waals surface area contributed by atoms with Crippen molar-refractivity contribution in [3.63, 3.8) is 0 Å². The molecule has 2 heterocycles. The van der Waals surface area contributed by atoms with Gasteiger partial charge in [0, 0.05) is 31.5 Å². The number of ether oxygens (including phenoxy) is 1. The molecule has 4 rings (SSSR count). The van der Waals surface area contributed by atoms with Gasteiger partial charge in [-0.05, 0) is 77.7 Å². The number of hydrogen-bond donors (Lipinski definition) is 4. The molecule has 0 spiro atoms. The van der Waals surface area contributed by atoms with Gasteiger partial charge in [0.05, 0.1) is 35.5 Å². The number of aliphatic hydroxyl groups excluding tert-OH is 1. The molecule has 3 amide bonds. The fraction of sp³-hybridized carbons (Fsp3) is 0.743. The Balaban J connectivity index is 1.60. The topological polar surface area (TPSA) is 154 Å². The van der Waals surface area contributed by atoms with E-state index < -0.39 is 62.1 Å². The zero-order valence-corrected chi connectivity index (χ0v) is 29.8. The molecule has 4 N–H and O–H groups in total. The maximum absolute atomic E-state index is 14.1. The maximum Gasteiger partial charge on any atom is 0.244 e. The first-order chi connectivity index (χ1) is 22.0. The van der Waals surface area contributed by atoms with Crippen LogP contribution < -0.4 is 16.0 Å². The highest BCUT2D eigenvalue weighted by Crippen LogP contribution is 2.39. The van der Waals surface area contributed by atoms with Crippen molar-refractivity contribution in [1.29, 1.82) is 0 Å². The van der Waals surface area contributed by atoms with Gasteiger partial charge in [0.15, 0.2) is 9.84 Å². The van der Waals surface area contributed by atoms with Crippen LogP contribution in [0.2, 0.25) is 0 Å². The van der Waals surface area contributed by atoms with E-state index in [1.165, 1.54) is 13.8 Å². The van der Waals surface area contributed by atoms with Gasteiger partial charge in [0.25, 0.3) is 0 Å². The van der Waals surface area contributed by atoms with Gasteiger partial charge in [-0.1, -0.05) is 49.6 Å². The third-order valence-electron chi connectivity index (χ3n) is 10.3. The second kappa shape index (κ2) is 15.3. The van der Waals surface area contributed by atoms with E-state index in [0.29, 0.717) is 31.4 Å². The number of sulfone groups is 1. The van der Waals surface area contributed by atoms with Crippen LogP contribution in [0.1, 0.15) is 78.7 Å². The van der Waals surface area contributed by atoms with E-state index in [4.69, 9.17) is 4.74 Å². The van der Waals surface area contributed by atoms with Crippen molar-refractivity contribution in [3.05, 3.63) is 35.9 Å². The van der Waals surface area contributed by atoms with E-state index in [9.17, 15) is 27.9 Å². The second-order valence-corrected chi connectivity index (χ2v) is 18.1. The lowest BCUT2D eigenvalue weighted by Gasteiger charge is -2.47. The van der Waals surface area contributed by atoms with Crippen molar-refractivity contribution in [1.82, 2.24) is 20.9 Å². The Morgan fingerprint density at radius 1 is 0.979 bits per heavy atom. The molecule has 1 aliphatic carbocycles. The summed E-state index contributed by atoms with van der Waals surface area (Å²) < 4.78 is 29.6. The highest BCUT2D eigenvalue weighted by Gasteiger charge is 2.47. The highest BCUT2D eigenvalue weighted by atomic mass is 32.2. The quantitative estimate of drug-likeness (QED) is 0.263. The van der Waals surface area contributed by atoms with Crippen LogP contribution in [0.3, 0.4) is 0 Å². The molecule has 1 aromatic carbocycles. The summed E-state index contributed by atoms with van der Waals surface area (Å²) in [6.07, 6.45) is 5.93. The summed E-state index contributed by atoms with van der Waals surface area (Å²) in [5, 5.41) is 20.7. The van der Waals surface area contributed by atoms with Gasteiger partial charge in [-0.2, -0.15) is 0 Å². The summed E-state index contributed by atoms with van der Waals surface area (Å²) in [6, 6.07) is 6.78. The van der Waals surface area contributed by atoms with Crippen LogP contribution in [0.15, 0.2) is 30.3 Å². The molecule has 0 aromatic heterocycles. The molecule has 3 aliphatic rings. The Morgan fingerprint density at radius 3 is 2.23 bits per heavy atom. The molecular formula is C35H56N4O7S. The molecule has 2 saturated heterocycles. The standard InChI is InChI=1S/C35H56N4O7S/c1-34(2,3)38-32(42)28-19-24-14-10-11-15-25(24)20-39(28)21-29(40)27(18-23-12-8-7-9-13-23)36-33(43)30(35(4,5)47(6,44)45)37-31(41)26-16-17-46-22-26/h7-9,12-13,24-30,40H,10-11,14-22H2,1-6H3,(H,36,43)(H,37,41)(H,38,42)/t24-,25+,26?,27-,28-,29+,30+/m0/s1. The van der Waals surface area contributed by atoms with Crippen molar-refractivity contribution < 1.29 is 32.6 Å². The second-order valence-electron chi connectivity index (χ2n) is 15.5. The Bertz CT molecular complexity index is 1340. The molecule has 264 valence electrons. The number of piperidine rings is 1. The summed E-state index contributed by atoms with van der Waals surface area (Å²) >= 11 is 0. The number of aliphatic hydroxyl groups is 1. The molecule has 2 aliphatic heterocycles. The number of carbonyl (C=O) groups is 3. The number of likely N-dealkylation sites (tertiary alicyclic amines) is 1. The third kappa shape index (κ3) is 9.77. The number of hydrogen-bond acceptors (Lipinski definition) is 8. The van der Waals surface area contributed by atoms with E-state index in [2.05, 4.69) is 20.9 Å². The first-order valence-electron chi connectivity index (χ1n) is 17.1. The first kappa shape index (κ1) is 37.3. The SMILES string of the molecule is CC(C)(C)NC(=O)[C@@H]1C[C@@H]2CCCC[C@@H]2CN1C[C@@H](O)[C@H](Cc1ccccc1)NC(=O)[C@@H](NC(=O)C1CCOC1)C(C)(C)S(C)(=O)=O. The average Bonchev–Trinajstić information content (AvgIpc) is 3.53. The summed E-state index contributed by atoms with van der Waals surface area (Å²) in [7, 11) is -3.82. The van der Waals surface area contributed by atoms with Crippen LogP contribution in [0.25, 0.3) is 0 Å². The van der Waals surface area contributed by atoms with Gasteiger partial charge in [-0.15, -0.1) is 0 Å². The number of amides is 3. The number of carbonyl (C=O) groups excluding carboxylic acids is 3. The summed E-state index contributed by atoms with van der Waals surface area (Å²) in [5.41, 5.74) is 0.460. The Kier molecular flexibility index (Phi) is 12.2. The van der Waals surface area contributed by atoms with E-state index in [-0.39, 0.29) is 25.5 Å². The third-order valence-corrected chi connectivity index (χ3v) is 12.5.